The zero-order valence-corrected chi connectivity index (χ0v) is 10.8. The fraction of sp³-hybridized carbons (Fsp3) is 0.231. The second-order valence-corrected chi connectivity index (χ2v) is 5.08. The Morgan fingerprint density at radius 1 is 1.26 bits per heavy atom. The van der Waals surface area contributed by atoms with Crippen LogP contribution in [0.5, 0.6) is 5.75 Å². The third-order valence-electron chi connectivity index (χ3n) is 2.60. The molecule has 1 atom stereocenters. The average Bonchev–Trinajstić information content (AvgIpc) is 2.72. The molecule has 0 aliphatic heterocycles. The molecule has 0 aliphatic rings. The number of aliphatic hydroxyl groups excluding tert-OH is 1. The number of hydrogen-bond acceptors (Lipinski definition) is 3. The Bertz CT molecular complexity index is 563. The summed E-state index contributed by atoms with van der Waals surface area (Å²) in [6.45, 7) is 1.85. The third kappa shape index (κ3) is 3.48. The molecule has 19 heavy (non-hydrogen) atoms. The fourth-order valence-corrected chi connectivity index (χ4v) is 2.47. The van der Waals surface area contributed by atoms with Crippen molar-refractivity contribution in [2.45, 2.75) is 19.4 Å². The van der Waals surface area contributed by atoms with Gasteiger partial charge in [0.2, 0.25) is 0 Å². The molecule has 0 bridgehead atoms. The van der Waals surface area contributed by atoms with Gasteiger partial charge in [-0.25, -0.2) is 0 Å². The van der Waals surface area contributed by atoms with Crippen molar-refractivity contribution in [1.82, 2.24) is 0 Å². The minimum Gasteiger partial charge on any atom is -0.406 e. The average molecular weight is 288 g/mol. The van der Waals surface area contributed by atoms with E-state index >= 15 is 0 Å². The van der Waals surface area contributed by atoms with E-state index in [2.05, 4.69) is 4.74 Å². The monoisotopic (exact) mass is 288 g/mol. The number of aryl methyl sites for hydroxylation is 1. The molecule has 2 rings (SSSR count). The highest BCUT2D eigenvalue weighted by molar-refractivity contribution is 7.10. The van der Waals surface area contributed by atoms with Gasteiger partial charge in [0.15, 0.2) is 0 Å². The third-order valence-corrected chi connectivity index (χ3v) is 3.46. The molecule has 0 saturated heterocycles. The Kier molecular flexibility index (Phi) is 3.82. The van der Waals surface area contributed by atoms with Crippen molar-refractivity contribution in [3.05, 3.63) is 51.7 Å². The van der Waals surface area contributed by atoms with Crippen LogP contribution in [0.2, 0.25) is 0 Å². The Morgan fingerprint density at radius 3 is 2.58 bits per heavy atom. The van der Waals surface area contributed by atoms with Crippen molar-refractivity contribution < 1.29 is 23.0 Å². The molecule has 102 valence electrons. The van der Waals surface area contributed by atoms with Crippen molar-refractivity contribution in [3.63, 3.8) is 0 Å². The van der Waals surface area contributed by atoms with E-state index in [0.717, 1.165) is 4.88 Å². The molecule has 1 heterocycles. The van der Waals surface area contributed by atoms with E-state index in [0.29, 0.717) is 11.1 Å². The normalized spacial score (nSPS) is 13.3. The second kappa shape index (κ2) is 5.22. The van der Waals surface area contributed by atoms with Crippen molar-refractivity contribution in [1.29, 1.82) is 0 Å². The maximum absolute atomic E-state index is 12.1. The van der Waals surface area contributed by atoms with Gasteiger partial charge in [0.1, 0.15) is 11.9 Å². The van der Waals surface area contributed by atoms with Crippen LogP contribution in [0.25, 0.3) is 0 Å². The van der Waals surface area contributed by atoms with E-state index in [4.69, 9.17) is 0 Å². The molecule has 1 N–H and O–H groups in total. The zero-order chi connectivity index (χ0) is 14.0. The lowest BCUT2D eigenvalue weighted by Crippen LogP contribution is -2.17. The van der Waals surface area contributed by atoms with Gasteiger partial charge < -0.3 is 9.84 Å². The molecular weight excluding hydrogens is 277 g/mol. The standard InChI is InChI=1S/C13H11F3O2S/c1-8-11(5-6-19-8)12(17)9-3-2-4-10(7-9)18-13(14,15)16/h2-7,12,17H,1H3. The van der Waals surface area contributed by atoms with Crippen molar-refractivity contribution in [2.24, 2.45) is 0 Å². The number of rotatable bonds is 3. The summed E-state index contributed by atoms with van der Waals surface area (Å²) in [6, 6.07) is 7.12. The van der Waals surface area contributed by atoms with Gasteiger partial charge in [0, 0.05) is 4.88 Å². The molecule has 0 saturated carbocycles. The number of thiophene rings is 1. The molecule has 0 amide bonds. The smallest absolute Gasteiger partial charge is 0.406 e. The summed E-state index contributed by atoms with van der Waals surface area (Å²) in [6.07, 6.45) is -5.69. The summed E-state index contributed by atoms with van der Waals surface area (Å²) >= 11 is 1.47. The molecule has 1 unspecified atom stereocenters. The molecule has 2 nitrogen and oxygen atoms in total. The molecule has 0 radical (unpaired) electrons. The van der Waals surface area contributed by atoms with Gasteiger partial charge in [-0.15, -0.1) is 24.5 Å². The number of aliphatic hydroxyl groups is 1. The summed E-state index contributed by atoms with van der Waals surface area (Å²) in [4.78, 5) is 0.926. The Labute approximate surface area is 112 Å². The predicted molar refractivity (Wildman–Crippen MR) is 66.2 cm³/mol. The first-order valence-corrected chi connectivity index (χ1v) is 6.32. The lowest BCUT2D eigenvalue weighted by molar-refractivity contribution is -0.274. The van der Waals surface area contributed by atoms with Crippen LogP contribution in [0.4, 0.5) is 13.2 Å². The summed E-state index contributed by atoms with van der Waals surface area (Å²) in [5.41, 5.74) is 1.05. The van der Waals surface area contributed by atoms with Crippen LogP contribution in [0, 0.1) is 6.92 Å². The Morgan fingerprint density at radius 2 is 2.00 bits per heavy atom. The maximum Gasteiger partial charge on any atom is 0.573 e. The van der Waals surface area contributed by atoms with Crippen molar-refractivity contribution in [3.8, 4) is 5.75 Å². The van der Waals surface area contributed by atoms with Gasteiger partial charge in [-0.1, -0.05) is 12.1 Å². The van der Waals surface area contributed by atoms with Crippen LogP contribution in [0.1, 0.15) is 22.1 Å². The summed E-state index contributed by atoms with van der Waals surface area (Å²) < 4.78 is 40.2. The van der Waals surface area contributed by atoms with Gasteiger partial charge in [0.05, 0.1) is 0 Å². The molecule has 1 aromatic carbocycles. The Balaban J connectivity index is 2.26. The summed E-state index contributed by atoms with van der Waals surface area (Å²) in [7, 11) is 0. The van der Waals surface area contributed by atoms with Crippen molar-refractivity contribution >= 4 is 11.3 Å². The van der Waals surface area contributed by atoms with E-state index < -0.39 is 12.5 Å². The number of alkyl halides is 3. The molecule has 0 aliphatic carbocycles. The highest BCUT2D eigenvalue weighted by Gasteiger charge is 2.31. The number of benzene rings is 1. The van der Waals surface area contributed by atoms with Crippen LogP contribution in [0.3, 0.4) is 0 Å². The second-order valence-electron chi connectivity index (χ2n) is 3.95. The van der Waals surface area contributed by atoms with E-state index in [1.807, 2.05) is 12.3 Å². The lowest BCUT2D eigenvalue weighted by atomic mass is 10.0. The van der Waals surface area contributed by atoms with Gasteiger partial charge in [-0.3, -0.25) is 0 Å². The fourth-order valence-electron chi connectivity index (χ4n) is 1.74. The molecule has 1 aromatic heterocycles. The molecular formula is C13H11F3O2S. The van der Waals surface area contributed by atoms with E-state index in [-0.39, 0.29) is 5.75 Å². The first-order chi connectivity index (χ1) is 8.87. The van der Waals surface area contributed by atoms with Crippen LogP contribution in [0.15, 0.2) is 35.7 Å². The topological polar surface area (TPSA) is 29.5 Å². The van der Waals surface area contributed by atoms with Crippen LogP contribution >= 0.6 is 11.3 Å². The van der Waals surface area contributed by atoms with Gasteiger partial charge in [0.25, 0.3) is 0 Å². The molecule has 2 aromatic rings. The SMILES string of the molecule is Cc1sccc1C(O)c1cccc(OC(F)(F)F)c1. The quantitative estimate of drug-likeness (QED) is 0.923. The molecule has 0 fully saturated rings. The maximum atomic E-state index is 12.1. The van der Waals surface area contributed by atoms with E-state index in [9.17, 15) is 18.3 Å². The summed E-state index contributed by atoms with van der Waals surface area (Å²) in [5, 5.41) is 12.0. The van der Waals surface area contributed by atoms with Crippen LogP contribution in [-0.2, 0) is 0 Å². The van der Waals surface area contributed by atoms with E-state index in [1.165, 1.54) is 29.5 Å². The number of halogens is 3. The largest absolute Gasteiger partial charge is 0.573 e. The molecule has 0 spiro atoms. The van der Waals surface area contributed by atoms with E-state index in [1.54, 1.807) is 12.1 Å². The first-order valence-electron chi connectivity index (χ1n) is 5.44. The lowest BCUT2D eigenvalue weighted by Gasteiger charge is -2.14. The molecule has 6 heteroatoms. The Hall–Kier alpha value is -1.53. The predicted octanol–water partition coefficient (Wildman–Crippen LogP) is 4.04. The summed E-state index contributed by atoms with van der Waals surface area (Å²) in [5.74, 6) is -0.336. The van der Waals surface area contributed by atoms with Gasteiger partial charge in [-0.05, 0) is 41.6 Å². The van der Waals surface area contributed by atoms with Crippen LogP contribution < -0.4 is 4.74 Å². The van der Waals surface area contributed by atoms with Gasteiger partial charge in [-0.2, -0.15) is 0 Å². The highest BCUT2D eigenvalue weighted by atomic mass is 32.1. The minimum absolute atomic E-state index is 0.336. The number of hydrogen-bond donors (Lipinski definition) is 1. The van der Waals surface area contributed by atoms with Crippen molar-refractivity contribution in [2.75, 3.05) is 0 Å². The number of ether oxygens (including phenoxy) is 1. The minimum atomic E-state index is -4.73. The highest BCUT2D eigenvalue weighted by Crippen LogP contribution is 2.31. The first kappa shape index (κ1) is 13.9. The zero-order valence-electron chi connectivity index (χ0n) is 9.94. The van der Waals surface area contributed by atoms with Gasteiger partial charge >= 0.3 is 6.36 Å². The van der Waals surface area contributed by atoms with Crippen LogP contribution in [-0.4, -0.2) is 11.5 Å².